The van der Waals surface area contributed by atoms with Gasteiger partial charge in [-0.3, -0.25) is 14.7 Å². The molecule has 1 aromatic carbocycles. The SMILES string of the molecule is CCC(c1nnnn1C1CCCCC1)N(Cc1cccnc1)Cc1cc2cc3c(cc2[nH]c1=O)OCCO3. The van der Waals surface area contributed by atoms with Crippen molar-refractivity contribution < 1.29 is 9.47 Å². The van der Waals surface area contributed by atoms with Crippen LogP contribution >= 0.6 is 0 Å². The van der Waals surface area contributed by atoms with E-state index in [1.54, 1.807) is 6.20 Å². The van der Waals surface area contributed by atoms with Gasteiger partial charge in [-0.2, -0.15) is 0 Å². The zero-order valence-corrected chi connectivity index (χ0v) is 21.7. The molecule has 0 amide bonds. The van der Waals surface area contributed by atoms with Crippen LogP contribution < -0.4 is 15.0 Å². The first kappa shape index (κ1) is 24.5. The van der Waals surface area contributed by atoms with Crippen LogP contribution in [-0.2, 0) is 13.1 Å². The van der Waals surface area contributed by atoms with Crippen molar-refractivity contribution in [3.63, 3.8) is 0 Å². The maximum atomic E-state index is 13.3. The first-order valence-electron chi connectivity index (χ1n) is 13.6. The molecule has 1 aliphatic heterocycles. The van der Waals surface area contributed by atoms with Crippen molar-refractivity contribution in [2.45, 2.75) is 70.6 Å². The molecule has 38 heavy (non-hydrogen) atoms. The van der Waals surface area contributed by atoms with Gasteiger partial charge in [0.1, 0.15) is 13.2 Å². The number of aromatic amines is 1. The van der Waals surface area contributed by atoms with Gasteiger partial charge >= 0.3 is 0 Å². The molecule has 1 atom stereocenters. The number of fused-ring (bicyclic) bond motifs is 2. The number of aromatic nitrogens is 6. The van der Waals surface area contributed by atoms with E-state index < -0.39 is 0 Å². The summed E-state index contributed by atoms with van der Waals surface area (Å²) >= 11 is 0. The topological polar surface area (TPSA) is 111 Å². The molecule has 3 aromatic heterocycles. The molecule has 4 heterocycles. The minimum absolute atomic E-state index is 0.0671. The molecule has 0 saturated heterocycles. The van der Waals surface area contributed by atoms with Crippen LogP contribution in [0.15, 0.2) is 47.5 Å². The molecule has 0 radical (unpaired) electrons. The molecule has 1 fully saturated rings. The van der Waals surface area contributed by atoms with E-state index in [-0.39, 0.29) is 11.6 Å². The summed E-state index contributed by atoms with van der Waals surface area (Å²) in [7, 11) is 0. The molecule has 4 aromatic rings. The highest BCUT2D eigenvalue weighted by Gasteiger charge is 2.29. The lowest BCUT2D eigenvalue weighted by molar-refractivity contribution is 0.155. The number of hydrogen-bond acceptors (Lipinski definition) is 8. The number of ether oxygens (including phenoxy) is 2. The van der Waals surface area contributed by atoms with Crippen molar-refractivity contribution in [1.82, 2.24) is 35.1 Å². The van der Waals surface area contributed by atoms with Crippen LogP contribution in [0.3, 0.4) is 0 Å². The highest BCUT2D eigenvalue weighted by atomic mass is 16.6. The van der Waals surface area contributed by atoms with Crippen LogP contribution in [0.25, 0.3) is 10.9 Å². The Balaban J connectivity index is 1.37. The minimum Gasteiger partial charge on any atom is -0.486 e. The standard InChI is InChI=1S/C28H33N7O3/c1-2-24(27-31-32-33-35(27)22-8-4-3-5-9-22)34(17-19-7-6-10-29-16-19)18-21-13-20-14-25-26(38-12-11-37-25)15-23(20)30-28(21)36/h6-7,10,13-16,22,24H,2-5,8-9,11-12,17-18H2,1H3,(H,30,36). The molecule has 1 saturated carbocycles. The number of H-pyrrole nitrogens is 1. The minimum atomic E-state index is -0.118. The Labute approximate surface area is 221 Å². The molecular formula is C28H33N7O3. The smallest absolute Gasteiger partial charge is 0.252 e. The Morgan fingerprint density at radius 3 is 2.68 bits per heavy atom. The number of rotatable bonds is 8. The monoisotopic (exact) mass is 515 g/mol. The van der Waals surface area contributed by atoms with Crippen molar-refractivity contribution in [1.29, 1.82) is 0 Å². The summed E-state index contributed by atoms with van der Waals surface area (Å²) in [5.41, 5.74) is 2.36. The van der Waals surface area contributed by atoms with Crippen LogP contribution in [0.4, 0.5) is 0 Å². The summed E-state index contributed by atoms with van der Waals surface area (Å²) in [4.78, 5) is 23.0. The van der Waals surface area contributed by atoms with Crippen LogP contribution in [0.1, 0.15) is 74.5 Å². The lowest BCUT2D eigenvalue weighted by atomic mass is 9.95. The average molecular weight is 516 g/mol. The van der Waals surface area contributed by atoms with E-state index in [9.17, 15) is 4.79 Å². The zero-order valence-electron chi connectivity index (χ0n) is 21.7. The van der Waals surface area contributed by atoms with E-state index in [0.717, 1.165) is 41.6 Å². The predicted octanol–water partition coefficient (Wildman–Crippen LogP) is 4.34. The van der Waals surface area contributed by atoms with E-state index in [0.29, 0.717) is 49.4 Å². The Morgan fingerprint density at radius 1 is 1.11 bits per heavy atom. The summed E-state index contributed by atoms with van der Waals surface area (Å²) in [5, 5.41) is 13.9. The number of pyridine rings is 2. The third kappa shape index (κ3) is 5.00. The van der Waals surface area contributed by atoms with Gasteiger partial charge in [0.15, 0.2) is 17.3 Å². The van der Waals surface area contributed by atoms with Gasteiger partial charge in [0, 0.05) is 42.5 Å². The lowest BCUT2D eigenvalue weighted by Gasteiger charge is -2.32. The molecule has 1 unspecified atom stereocenters. The largest absolute Gasteiger partial charge is 0.486 e. The van der Waals surface area contributed by atoms with E-state index in [1.807, 2.05) is 35.1 Å². The Morgan fingerprint density at radius 2 is 1.92 bits per heavy atom. The van der Waals surface area contributed by atoms with E-state index in [4.69, 9.17) is 9.47 Å². The van der Waals surface area contributed by atoms with Gasteiger partial charge in [0.05, 0.1) is 17.6 Å². The Hall–Kier alpha value is -3.79. The molecule has 0 bridgehead atoms. The maximum absolute atomic E-state index is 13.3. The second-order valence-corrected chi connectivity index (χ2v) is 10.2. The molecule has 2 aliphatic rings. The summed E-state index contributed by atoms with van der Waals surface area (Å²) in [6, 6.07) is 9.99. The van der Waals surface area contributed by atoms with Crippen molar-refractivity contribution in [3.05, 3.63) is 70.0 Å². The van der Waals surface area contributed by atoms with E-state index >= 15 is 0 Å². The van der Waals surface area contributed by atoms with Gasteiger partial charge in [0.2, 0.25) is 0 Å². The van der Waals surface area contributed by atoms with Gasteiger partial charge in [-0.15, -0.1) is 5.10 Å². The van der Waals surface area contributed by atoms with Gasteiger partial charge in [-0.05, 0) is 53.5 Å². The second-order valence-electron chi connectivity index (χ2n) is 10.2. The van der Waals surface area contributed by atoms with Crippen molar-refractivity contribution >= 4 is 10.9 Å². The molecule has 1 aliphatic carbocycles. The third-order valence-corrected chi connectivity index (χ3v) is 7.63. The van der Waals surface area contributed by atoms with Crippen molar-refractivity contribution in [2.24, 2.45) is 0 Å². The van der Waals surface area contributed by atoms with Crippen molar-refractivity contribution in [3.8, 4) is 11.5 Å². The fraction of sp³-hybridized carbons (Fsp3) is 0.464. The van der Waals surface area contributed by atoms with Crippen LogP contribution in [0.2, 0.25) is 0 Å². The lowest BCUT2D eigenvalue weighted by Crippen LogP contribution is -2.33. The normalized spacial score (nSPS) is 16.7. The molecule has 0 spiro atoms. The van der Waals surface area contributed by atoms with Gasteiger partial charge in [-0.25, -0.2) is 4.68 Å². The number of nitrogens with zero attached hydrogens (tertiary/aromatic N) is 6. The molecule has 10 heteroatoms. The van der Waals surface area contributed by atoms with Crippen LogP contribution in [0.5, 0.6) is 11.5 Å². The highest BCUT2D eigenvalue weighted by Crippen LogP contribution is 2.35. The Bertz CT molecular complexity index is 1450. The van der Waals surface area contributed by atoms with Crippen LogP contribution in [0, 0.1) is 0 Å². The summed E-state index contributed by atoms with van der Waals surface area (Å²) in [6.07, 6.45) is 10.3. The molecular weight excluding hydrogens is 482 g/mol. The predicted molar refractivity (Wildman–Crippen MR) is 142 cm³/mol. The number of hydrogen-bond donors (Lipinski definition) is 1. The number of nitrogens with one attached hydrogen (secondary N) is 1. The molecule has 10 nitrogen and oxygen atoms in total. The fourth-order valence-corrected chi connectivity index (χ4v) is 5.74. The Kier molecular flexibility index (Phi) is 7.04. The van der Waals surface area contributed by atoms with E-state index in [2.05, 4.69) is 43.4 Å². The second kappa shape index (κ2) is 10.9. The third-order valence-electron chi connectivity index (χ3n) is 7.63. The van der Waals surface area contributed by atoms with Gasteiger partial charge in [-0.1, -0.05) is 32.3 Å². The zero-order chi connectivity index (χ0) is 25.9. The molecule has 198 valence electrons. The molecule has 6 rings (SSSR count). The number of tetrazole rings is 1. The fourth-order valence-electron chi connectivity index (χ4n) is 5.74. The van der Waals surface area contributed by atoms with Gasteiger partial charge < -0.3 is 14.5 Å². The quantitative estimate of drug-likeness (QED) is 0.369. The first-order chi connectivity index (χ1) is 18.7. The number of benzene rings is 1. The average Bonchev–Trinajstić information content (AvgIpc) is 3.43. The van der Waals surface area contributed by atoms with Gasteiger partial charge in [0.25, 0.3) is 5.56 Å². The summed E-state index contributed by atoms with van der Waals surface area (Å²) in [5.74, 6) is 2.22. The summed E-state index contributed by atoms with van der Waals surface area (Å²) in [6.45, 7) is 4.21. The van der Waals surface area contributed by atoms with Crippen LogP contribution in [-0.4, -0.2) is 48.3 Å². The highest BCUT2D eigenvalue weighted by molar-refractivity contribution is 5.83. The molecule has 1 N–H and O–H groups in total. The van der Waals surface area contributed by atoms with E-state index in [1.165, 1.54) is 19.3 Å². The summed E-state index contributed by atoms with van der Waals surface area (Å²) < 4.78 is 13.5. The maximum Gasteiger partial charge on any atom is 0.252 e. The van der Waals surface area contributed by atoms with Crippen molar-refractivity contribution in [2.75, 3.05) is 13.2 Å². The first-order valence-corrected chi connectivity index (χ1v) is 13.6.